The Morgan fingerprint density at radius 2 is 1.46 bits per heavy atom. The average molecular weight is 756 g/mol. The number of fused-ring (bicyclic) bond motifs is 8. The molecule has 12 heteroatoms. The lowest BCUT2D eigenvalue weighted by Crippen LogP contribution is -2.51. The molecular formula is C44H49N7O5. The fourth-order valence-electron chi connectivity index (χ4n) is 9.41. The van der Waals surface area contributed by atoms with Gasteiger partial charge in [0.25, 0.3) is 0 Å². The van der Waals surface area contributed by atoms with Crippen LogP contribution in [0.5, 0.6) is 0 Å². The van der Waals surface area contributed by atoms with Crippen LogP contribution in [0.15, 0.2) is 60.7 Å². The lowest BCUT2D eigenvalue weighted by atomic mass is 9.98. The molecule has 0 spiro atoms. The first kappa shape index (κ1) is 36.0. The van der Waals surface area contributed by atoms with Crippen LogP contribution in [0.25, 0.3) is 54.7 Å². The van der Waals surface area contributed by atoms with Crippen LogP contribution in [0, 0.1) is 11.8 Å². The zero-order valence-corrected chi connectivity index (χ0v) is 32.8. The lowest BCUT2D eigenvalue weighted by Gasteiger charge is -2.35. The summed E-state index contributed by atoms with van der Waals surface area (Å²) in [6.45, 7) is 10.2. The molecule has 6 aromatic rings. The van der Waals surface area contributed by atoms with E-state index in [0.29, 0.717) is 12.5 Å². The fourth-order valence-corrected chi connectivity index (χ4v) is 9.41. The average Bonchev–Trinajstić information content (AvgIpc) is 4.02. The summed E-state index contributed by atoms with van der Waals surface area (Å²) >= 11 is 0. The maximum absolute atomic E-state index is 13.7. The number of aromatic amines is 2. The molecule has 4 aromatic carbocycles. The number of piperidine rings is 1. The van der Waals surface area contributed by atoms with Gasteiger partial charge in [0.1, 0.15) is 23.3 Å². The Morgan fingerprint density at radius 3 is 2.07 bits per heavy atom. The van der Waals surface area contributed by atoms with E-state index in [0.717, 1.165) is 98.5 Å². The van der Waals surface area contributed by atoms with E-state index < -0.39 is 17.7 Å². The molecule has 9 rings (SSSR count). The number of hydrogen-bond acceptors (Lipinski definition) is 7. The molecule has 5 unspecified atom stereocenters. The highest BCUT2D eigenvalue weighted by atomic mass is 16.6. The van der Waals surface area contributed by atoms with Crippen molar-refractivity contribution in [3.8, 4) is 11.1 Å². The van der Waals surface area contributed by atoms with E-state index in [4.69, 9.17) is 19.4 Å². The quantitative estimate of drug-likeness (QED) is 0.154. The summed E-state index contributed by atoms with van der Waals surface area (Å²) in [6.07, 6.45) is 3.85. The minimum Gasteiger partial charge on any atom is -0.453 e. The van der Waals surface area contributed by atoms with Crippen LogP contribution in [-0.2, 0) is 14.3 Å². The van der Waals surface area contributed by atoms with Crippen molar-refractivity contribution in [1.29, 1.82) is 0 Å². The summed E-state index contributed by atoms with van der Waals surface area (Å²) in [4.78, 5) is 60.2. The molecule has 56 heavy (non-hydrogen) atoms. The van der Waals surface area contributed by atoms with Crippen molar-refractivity contribution in [3.05, 3.63) is 72.3 Å². The van der Waals surface area contributed by atoms with Crippen LogP contribution in [-0.4, -0.2) is 79.2 Å². The number of methoxy groups -OCH3 is 1. The van der Waals surface area contributed by atoms with Crippen LogP contribution >= 0.6 is 0 Å². The normalized spacial score (nSPS) is 21.6. The Kier molecular flexibility index (Phi) is 8.70. The van der Waals surface area contributed by atoms with Gasteiger partial charge in [-0.25, -0.2) is 19.6 Å². The number of aromatic nitrogens is 4. The van der Waals surface area contributed by atoms with E-state index in [9.17, 15) is 14.4 Å². The van der Waals surface area contributed by atoms with Crippen LogP contribution in [0.1, 0.15) is 90.5 Å². The van der Waals surface area contributed by atoms with E-state index in [1.165, 1.54) is 7.11 Å². The van der Waals surface area contributed by atoms with E-state index in [-0.39, 0.29) is 36.0 Å². The highest BCUT2D eigenvalue weighted by Gasteiger charge is 2.51. The number of rotatable bonds is 6. The third kappa shape index (κ3) is 6.19. The van der Waals surface area contributed by atoms with E-state index in [2.05, 4.69) is 75.9 Å². The number of carbonyl (C=O) groups excluding carboxylic acids is 3. The van der Waals surface area contributed by atoms with Crippen molar-refractivity contribution in [1.82, 2.24) is 35.1 Å². The number of alkyl carbamates (subject to hydrolysis) is 1. The Morgan fingerprint density at radius 1 is 0.839 bits per heavy atom. The second-order valence-electron chi connectivity index (χ2n) is 17.1. The van der Waals surface area contributed by atoms with Gasteiger partial charge in [-0.3, -0.25) is 9.69 Å². The van der Waals surface area contributed by atoms with Gasteiger partial charge in [-0.15, -0.1) is 0 Å². The maximum Gasteiger partial charge on any atom is 0.411 e. The first-order valence-corrected chi connectivity index (χ1v) is 19.9. The molecule has 2 aromatic heterocycles. The molecule has 12 nitrogen and oxygen atoms in total. The van der Waals surface area contributed by atoms with Crippen molar-refractivity contribution >= 4 is 61.7 Å². The minimum atomic E-state index is -0.687. The van der Waals surface area contributed by atoms with Gasteiger partial charge in [0.15, 0.2) is 0 Å². The molecule has 2 aliphatic heterocycles. The molecule has 3 fully saturated rings. The SMILES string of the molecule is COC(=O)NC(C(=O)N1CCCC1c1nc2c(ccc3cc(-c4ccc5c(ccc6[nH]c(C7C8CCC(C8)N7C(=O)OC(C)(C)C)nc65)c4)ccc32)[nH]1)C(C)C. The third-order valence-electron chi connectivity index (χ3n) is 12.0. The predicted octanol–water partition coefficient (Wildman–Crippen LogP) is 8.92. The highest BCUT2D eigenvalue weighted by Crippen LogP contribution is 2.50. The number of nitrogens with zero attached hydrogens (tertiary/aromatic N) is 4. The van der Waals surface area contributed by atoms with E-state index in [1.807, 2.05) is 44.4 Å². The van der Waals surface area contributed by atoms with E-state index in [1.54, 1.807) is 0 Å². The Balaban J connectivity index is 0.992. The number of H-pyrrole nitrogens is 2. The summed E-state index contributed by atoms with van der Waals surface area (Å²) in [6, 6.07) is 20.6. The van der Waals surface area contributed by atoms with Gasteiger partial charge in [0.2, 0.25) is 5.91 Å². The zero-order valence-electron chi connectivity index (χ0n) is 32.8. The molecule has 4 heterocycles. The number of benzene rings is 4. The lowest BCUT2D eigenvalue weighted by molar-refractivity contribution is -0.135. The maximum atomic E-state index is 13.7. The number of carbonyl (C=O) groups is 3. The second kappa shape index (κ2) is 13.5. The number of nitrogens with one attached hydrogen (secondary N) is 3. The number of imidazole rings is 2. The Hall–Kier alpha value is -5.65. The van der Waals surface area contributed by atoms with Crippen molar-refractivity contribution in [3.63, 3.8) is 0 Å². The van der Waals surface area contributed by atoms with Crippen LogP contribution in [0.3, 0.4) is 0 Å². The summed E-state index contributed by atoms with van der Waals surface area (Å²) in [5.74, 6) is 1.72. The smallest absolute Gasteiger partial charge is 0.411 e. The van der Waals surface area contributed by atoms with Crippen molar-refractivity contribution in [2.45, 2.75) is 96.5 Å². The molecular weight excluding hydrogens is 707 g/mol. The molecule has 2 bridgehead atoms. The van der Waals surface area contributed by atoms with Gasteiger partial charge in [-0.2, -0.15) is 0 Å². The Labute approximate surface area is 325 Å². The summed E-state index contributed by atoms with van der Waals surface area (Å²) < 4.78 is 10.6. The fraction of sp³-hybridized carbons (Fsp3) is 0.432. The minimum absolute atomic E-state index is 0.103. The van der Waals surface area contributed by atoms with Gasteiger partial charge in [-0.05, 0) is 111 Å². The topological polar surface area (TPSA) is 146 Å². The number of likely N-dealkylation sites (tertiary alicyclic amines) is 2. The highest BCUT2D eigenvalue weighted by molar-refractivity contribution is 6.07. The first-order valence-electron chi connectivity index (χ1n) is 19.9. The third-order valence-corrected chi connectivity index (χ3v) is 12.0. The first-order chi connectivity index (χ1) is 26.9. The largest absolute Gasteiger partial charge is 0.453 e. The molecule has 3 aliphatic rings. The Bertz CT molecular complexity index is 2530. The molecule has 290 valence electrons. The zero-order chi connectivity index (χ0) is 39.0. The van der Waals surface area contributed by atoms with Gasteiger partial charge in [0.05, 0.1) is 41.3 Å². The number of ether oxygens (including phenoxy) is 2. The number of hydrogen-bond donors (Lipinski definition) is 3. The number of amides is 3. The van der Waals surface area contributed by atoms with Crippen molar-refractivity contribution in [2.24, 2.45) is 11.8 Å². The van der Waals surface area contributed by atoms with Crippen molar-refractivity contribution < 1.29 is 23.9 Å². The standard InChI is InChI=1S/C44H49N7O5/c1-23(2)35(49-42(53)55-6)41(52)50-19-7-8-34(50)39-45-32-17-12-26-20-24(10-15-30(26)36(32)47-39)25-11-16-31-27(21-25)13-18-33-37(31)48-40(46-33)38-28-9-14-29(22-28)51(38)43(54)56-44(3,4)5/h10-13,15-18,20-21,23,28-29,34-35,38H,7-9,14,19,22H2,1-6H3,(H,45,47)(H,46,48)(H,49,53). The van der Waals surface area contributed by atoms with Crippen LogP contribution < -0.4 is 5.32 Å². The molecule has 0 radical (unpaired) electrons. The molecule has 2 saturated heterocycles. The van der Waals surface area contributed by atoms with Crippen LogP contribution in [0.4, 0.5) is 9.59 Å². The van der Waals surface area contributed by atoms with Gasteiger partial charge in [0, 0.05) is 23.4 Å². The molecule has 1 aliphatic carbocycles. The summed E-state index contributed by atoms with van der Waals surface area (Å²) in [5.41, 5.74) is 5.29. The second-order valence-corrected chi connectivity index (χ2v) is 17.1. The summed E-state index contributed by atoms with van der Waals surface area (Å²) in [5, 5.41) is 6.98. The van der Waals surface area contributed by atoms with Gasteiger partial charge < -0.3 is 29.7 Å². The molecule has 3 amide bonds. The van der Waals surface area contributed by atoms with Crippen molar-refractivity contribution in [2.75, 3.05) is 13.7 Å². The van der Waals surface area contributed by atoms with Gasteiger partial charge in [-0.1, -0.05) is 50.2 Å². The molecule has 1 saturated carbocycles. The monoisotopic (exact) mass is 755 g/mol. The van der Waals surface area contributed by atoms with Crippen LogP contribution in [0.2, 0.25) is 0 Å². The molecule has 3 N–H and O–H groups in total. The predicted molar refractivity (Wildman–Crippen MR) is 216 cm³/mol. The summed E-state index contributed by atoms with van der Waals surface area (Å²) in [7, 11) is 1.30. The van der Waals surface area contributed by atoms with Gasteiger partial charge >= 0.3 is 12.2 Å². The molecule has 5 atom stereocenters. The van der Waals surface area contributed by atoms with E-state index >= 15 is 0 Å².